The van der Waals surface area contributed by atoms with E-state index in [0.717, 1.165) is 29.4 Å². The SMILES string of the molecule is COc1ccc2c(c1)CCC1C2CCC2CCCC21. The monoisotopic (exact) mass is 256 g/mol. The van der Waals surface area contributed by atoms with Gasteiger partial charge in [0.1, 0.15) is 5.75 Å². The highest BCUT2D eigenvalue weighted by molar-refractivity contribution is 5.40. The molecule has 4 atom stereocenters. The van der Waals surface area contributed by atoms with Crippen LogP contribution in [0.5, 0.6) is 5.75 Å². The van der Waals surface area contributed by atoms with Crippen molar-refractivity contribution >= 4 is 0 Å². The molecule has 4 unspecified atom stereocenters. The zero-order valence-corrected chi connectivity index (χ0v) is 11.9. The summed E-state index contributed by atoms with van der Waals surface area (Å²) in [4.78, 5) is 0. The maximum absolute atomic E-state index is 5.39. The second-order valence-corrected chi connectivity index (χ2v) is 6.81. The van der Waals surface area contributed by atoms with E-state index in [2.05, 4.69) is 18.2 Å². The molecule has 0 N–H and O–H groups in total. The van der Waals surface area contributed by atoms with Crippen molar-refractivity contribution in [2.24, 2.45) is 17.8 Å². The molecule has 3 aliphatic carbocycles. The van der Waals surface area contributed by atoms with Gasteiger partial charge in [0.25, 0.3) is 0 Å². The Morgan fingerprint density at radius 3 is 2.84 bits per heavy atom. The van der Waals surface area contributed by atoms with E-state index in [-0.39, 0.29) is 0 Å². The molecule has 1 heteroatoms. The lowest BCUT2D eigenvalue weighted by Crippen LogP contribution is -2.34. The Hall–Kier alpha value is -0.980. The Morgan fingerprint density at radius 2 is 1.95 bits per heavy atom. The van der Waals surface area contributed by atoms with Crippen LogP contribution < -0.4 is 4.74 Å². The third-order valence-corrected chi connectivity index (χ3v) is 6.13. The standard InChI is InChI=1S/C18H24O/c1-19-14-7-10-16-13(11-14)6-9-17-15-4-2-3-12(15)5-8-18(16)17/h7,10-12,15,17-18H,2-6,8-9H2,1H3. The summed E-state index contributed by atoms with van der Waals surface area (Å²) in [5.74, 6) is 5.00. The Morgan fingerprint density at radius 1 is 1.00 bits per heavy atom. The van der Waals surface area contributed by atoms with E-state index in [4.69, 9.17) is 4.74 Å². The van der Waals surface area contributed by atoms with Crippen LogP contribution in [0.1, 0.15) is 55.6 Å². The van der Waals surface area contributed by atoms with E-state index in [1.54, 1.807) is 18.2 Å². The molecule has 1 nitrogen and oxygen atoms in total. The molecule has 0 aliphatic heterocycles. The van der Waals surface area contributed by atoms with Crippen LogP contribution in [0, 0.1) is 17.8 Å². The van der Waals surface area contributed by atoms with Crippen LogP contribution >= 0.6 is 0 Å². The van der Waals surface area contributed by atoms with Gasteiger partial charge in [-0.2, -0.15) is 0 Å². The van der Waals surface area contributed by atoms with Crippen LogP contribution in [-0.2, 0) is 6.42 Å². The average Bonchev–Trinajstić information content (AvgIpc) is 2.94. The minimum atomic E-state index is 0.856. The zero-order chi connectivity index (χ0) is 12.8. The van der Waals surface area contributed by atoms with Gasteiger partial charge in [0.15, 0.2) is 0 Å². The van der Waals surface area contributed by atoms with Crippen LogP contribution in [0.2, 0.25) is 0 Å². The lowest BCUT2D eigenvalue weighted by atomic mass is 9.61. The van der Waals surface area contributed by atoms with Crippen LogP contribution in [0.15, 0.2) is 18.2 Å². The van der Waals surface area contributed by atoms with Crippen molar-refractivity contribution in [2.45, 2.75) is 50.9 Å². The van der Waals surface area contributed by atoms with Gasteiger partial charge in [-0.05, 0) is 79.0 Å². The Labute approximate surface area is 116 Å². The van der Waals surface area contributed by atoms with Gasteiger partial charge in [-0.25, -0.2) is 0 Å². The minimum absolute atomic E-state index is 0.856. The van der Waals surface area contributed by atoms with Crippen LogP contribution in [0.3, 0.4) is 0 Å². The molecule has 0 radical (unpaired) electrons. The fraction of sp³-hybridized carbons (Fsp3) is 0.667. The second kappa shape index (κ2) is 4.54. The zero-order valence-electron chi connectivity index (χ0n) is 11.9. The van der Waals surface area contributed by atoms with Crippen molar-refractivity contribution in [1.82, 2.24) is 0 Å². The van der Waals surface area contributed by atoms with E-state index in [1.807, 2.05) is 0 Å². The molecule has 1 aromatic carbocycles. The van der Waals surface area contributed by atoms with Gasteiger partial charge in [-0.15, -0.1) is 0 Å². The van der Waals surface area contributed by atoms with Crippen molar-refractivity contribution in [3.8, 4) is 5.75 Å². The number of fused-ring (bicyclic) bond motifs is 5. The molecular weight excluding hydrogens is 232 g/mol. The highest BCUT2D eigenvalue weighted by atomic mass is 16.5. The normalized spacial score (nSPS) is 36.3. The number of benzene rings is 1. The molecule has 0 spiro atoms. The van der Waals surface area contributed by atoms with Crippen molar-refractivity contribution in [3.63, 3.8) is 0 Å². The molecular formula is C18H24O. The molecule has 0 saturated heterocycles. The summed E-state index contributed by atoms with van der Waals surface area (Å²) in [5.41, 5.74) is 3.22. The highest BCUT2D eigenvalue weighted by Crippen LogP contribution is 2.55. The van der Waals surface area contributed by atoms with Crippen LogP contribution in [0.4, 0.5) is 0 Å². The molecule has 19 heavy (non-hydrogen) atoms. The van der Waals surface area contributed by atoms with Gasteiger partial charge in [0, 0.05) is 0 Å². The number of ether oxygens (including phenoxy) is 1. The predicted octanol–water partition coefficient (Wildman–Crippen LogP) is 4.55. The van der Waals surface area contributed by atoms with Crippen molar-refractivity contribution in [3.05, 3.63) is 29.3 Å². The third-order valence-electron chi connectivity index (χ3n) is 6.13. The number of rotatable bonds is 1. The predicted molar refractivity (Wildman–Crippen MR) is 77.6 cm³/mol. The Bertz CT molecular complexity index is 479. The highest BCUT2D eigenvalue weighted by Gasteiger charge is 2.43. The molecule has 0 amide bonds. The summed E-state index contributed by atoms with van der Waals surface area (Å²) in [5, 5.41) is 0. The molecule has 2 fully saturated rings. The lowest BCUT2D eigenvalue weighted by Gasteiger charge is -2.44. The molecule has 3 aliphatic rings. The number of aryl methyl sites for hydroxylation is 1. The summed E-state index contributed by atoms with van der Waals surface area (Å²) >= 11 is 0. The summed E-state index contributed by atoms with van der Waals surface area (Å²) in [6, 6.07) is 6.81. The largest absolute Gasteiger partial charge is 0.497 e. The first-order chi connectivity index (χ1) is 9.36. The van der Waals surface area contributed by atoms with Gasteiger partial charge < -0.3 is 4.74 Å². The Kier molecular flexibility index (Phi) is 2.82. The molecule has 2 saturated carbocycles. The van der Waals surface area contributed by atoms with Gasteiger partial charge >= 0.3 is 0 Å². The average molecular weight is 256 g/mol. The number of hydrogen-bond donors (Lipinski definition) is 0. The van der Waals surface area contributed by atoms with E-state index in [1.165, 1.54) is 44.9 Å². The molecule has 0 bridgehead atoms. The molecule has 102 valence electrons. The molecule has 0 aromatic heterocycles. The second-order valence-electron chi connectivity index (χ2n) is 6.81. The molecule has 0 heterocycles. The minimum Gasteiger partial charge on any atom is -0.497 e. The van der Waals surface area contributed by atoms with Gasteiger partial charge in [-0.3, -0.25) is 0 Å². The maximum Gasteiger partial charge on any atom is 0.119 e. The first-order valence-corrected chi connectivity index (χ1v) is 8.03. The van der Waals surface area contributed by atoms with Gasteiger partial charge in [0.05, 0.1) is 7.11 Å². The third kappa shape index (κ3) is 1.81. The lowest BCUT2D eigenvalue weighted by molar-refractivity contribution is 0.136. The first-order valence-electron chi connectivity index (χ1n) is 8.03. The number of hydrogen-bond acceptors (Lipinski definition) is 1. The van der Waals surface area contributed by atoms with Gasteiger partial charge in [0.2, 0.25) is 0 Å². The van der Waals surface area contributed by atoms with Crippen LogP contribution in [0.25, 0.3) is 0 Å². The smallest absolute Gasteiger partial charge is 0.119 e. The van der Waals surface area contributed by atoms with Crippen LogP contribution in [-0.4, -0.2) is 7.11 Å². The first kappa shape index (κ1) is 11.8. The van der Waals surface area contributed by atoms with E-state index < -0.39 is 0 Å². The maximum atomic E-state index is 5.39. The topological polar surface area (TPSA) is 9.23 Å². The number of methoxy groups -OCH3 is 1. The summed E-state index contributed by atoms with van der Waals surface area (Å²) in [6.45, 7) is 0. The molecule has 1 aromatic rings. The van der Waals surface area contributed by atoms with Crippen molar-refractivity contribution in [2.75, 3.05) is 7.11 Å². The summed E-state index contributed by atoms with van der Waals surface area (Å²) < 4.78 is 5.39. The van der Waals surface area contributed by atoms with E-state index >= 15 is 0 Å². The van der Waals surface area contributed by atoms with E-state index in [0.29, 0.717) is 0 Å². The Balaban J connectivity index is 1.68. The van der Waals surface area contributed by atoms with Crippen molar-refractivity contribution < 1.29 is 4.74 Å². The van der Waals surface area contributed by atoms with Crippen molar-refractivity contribution in [1.29, 1.82) is 0 Å². The summed E-state index contributed by atoms with van der Waals surface area (Å²) in [6.07, 6.45) is 10.1. The summed E-state index contributed by atoms with van der Waals surface area (Å²) in [7, 11) is 1.77. The quantitative estimate of drug-likeness (QED) is 0.716. The fourth-order valence-corrected chi connectivity index (χ4v) is 5.30. The van der Waals surface area contributed by atoms with E-state index in [9.17, 15) is 0 Å². The van der Waals surface area contributed by atoms with Gasteiger partial charge in [-0.1, -0.05) is 18.9 Å². The fourth-order valence-electron chi connectivity index (χ4n) is 5.30. The molecule has 4 rings (SSSR count).